The predicted molar refractivity (Wildman–Crippen MR) is 71.2 cm³/mol. The Balaban J connectivity index is 2.01. The number of rotatable bonds is 5. The first-order chi connectivity index (χ1) is 9.58. The van der Waals surface area contributed by atoms with Gasteiger partial charge >= 0.3 is 5.97 Å². The van der Waals surface area contributed by atoms with E-state index in [0.29, 0.717) is 36.8 Å². The Labute approximate surface area is 116 Å². The van der Waals surface area contributed by atoms with Crippen LogP contribution < -0.4 is 14.8 Å². The van der Waals surface area contributed by atoms with Crippen LogP contribution in [0.3, 0.4) is 0 Å². The van der Waals surface area contributed by atoms with E-state index in [2.05, 4.69) is 5.32 Å². The molecule has 0 saturated heterocycles. The summed E-state index contributed by atoms with van der Waals surface area (Å²) in [5.41, 5.74) is 0.407. The number of carboxylic acids is 1. The van der Waals surface area contributed by atoms with Gasteiger partial charge in [0.15, 0.2) is 11.5 Å². The van der Waals surface area contributed by atoms with Crippen molar-refractivity contribution in [3.8, 4) is 11.5 Å². The summed E-state index contributed by atoms with van der Waals surface area (Å²) in [6.45, 7) is 2.95. The van der Waals surface area contributed by atoms with Crippen molar-refractivity contribution in [1.29, 1.82) is 0 Å². The van der Waals surface area contributed by atoms with Crippen molar-refractivity contribution >= 4 is 11.9 Å². The van der Waals surface area contributed by atoms with E-state index in [1.165, 1.54) is 0 Å². The number of hydrogen-bond donors (Lipinski definition) is 2. The van der Waals surface area contributed by atoms with Crippen LogP contribution in [0.15, 0.2) is 18.2 Å². The normalized spacial score (nSPS) is 14.4. The molecule has 0 fully saturated rings. The molecule has 0 aromatic heterocycles. The maximum absolute atomic E-state index is 12.1. The third-order valence-corrected chi connectivity index (χ3v) is 2.94. The Morgan fingerprint density at radius 3 is 2.85 bits per heavy atom. The molecule has 20 heavy (non-hydrogen) atoms. The highest BCUT2D eigenvalue weighted by atomic mass is 16.6. The molecule has 6 nitrogen and oxygen atoms in total. The summed E-state index contributed by atoms with van der Waals surface area (Å²) in [5, 5.41) is 11.4. The molecule has 1 aliphatic heterocycles. The van der Waals surface area contributed by atoms with Gasteiger partial charge in [0.1, 0.15) is 13.2 Å². The first-order valence-corrected chi connectivity index (χ1v) is 6.46. The summed E-state index contributed by atoms with van der Waals surface area (Å²) in [4.78, 5) is 22.7. The molecule has 1 heterocycles. The lowest BCUT2D eigenvalue weighted by Gasteiger charge is -2.20. The van der Waals surface area contributed by atoms with Crippen LogP contribution in [0.2, 0.25) is 0 Å². The third-order valence-electron chi connectivity index (χ3n) is 2.94. The van der Waals surface area contributed by atoms with E-state index >= 15 is 0 Å². The maximum Gasteiger partial charge on any atom is 0.303 e. The molecular formula is C14H17NO5. The van der Waals surface area contributed by atoms with E-state index < -0.39 is 5.97 Å². The number of fused-ring (bicyclic) bond motifs is 1. The molecule has 1 atom stereocenters. The Kier molecular flexibility index (Phi) is 4.45. The van der Waals surface area contributed by atoms with Crippen molar-refractivity contribution in [2.75, 3.05) is 19.8 Å². The predicted octanol–water partition coefficient (Wildman–Crippen LogP) is 1.30. The average Bonchev–Trinajstić information content (AvgIpc) is 2.43. The van der Waals surface area contributed by atoms with Crippen LogP contribution in [0, 0.1) is 5.92 Å². The summed E-state index contributed by atoms with van der Waals surface area (Å²) in [5.74, 6) is -0.289. The SMILES string of the molecule is C[C@@H](CNC(=O)c1cccc2c1OCCO2)CC(=O)O. The second kappa shape index (κ2) is 6.27. The number of carbonyl (C=O) groups is 2. The molecule has 0 radical (unpaired) electrons. The zero-order valence-corrected chi connectivity index (χ0v) is 11.2. The van der Waals surface area contributed by atoms with Gasteiger partial charge in [-0.3, -0.25) is 9.59 Å². The van der Waals surface area contributed by atoms with Crippen LogP contribution >= 0.6 is 0 Å². The van der Waals surface area contributed by atoms with Gasteiger partial charge < -0.3 is 19.9 Å². The number of nitrogens with one attached hydrogen (secondary N) is 1. The smallest absolute Gasteiger partial charge is 0.303 e. The van der Waals surface area contributed by atoms with Gasteiger partial charge in [-0.2, -0.15) is 0 Å². The molecule has 0 saturated carbocycles. The van der Waals surface area contributed by atoms with Crippen LogP contribution in [-0.2, 0) is 4.79 Å². The van der Waals surface area contributed by atoms with Gasteiger partial charge in [0.25, 0.3) is 5.91 Å². The van der Waals surface area contributed by atoms with Gasteiger partial charge in [0.05, 0.1) is 5.56 Å². The van der Waals surface area contributed by atoms with Crippen molar-refractivity contribution in [2.24, 2.45) is 5.92 Å². The number of benzene rings is 1. The molecule has 0 bridgehead atoms. The van der Waals surface area contributed by atoms with E-state index in [1.807, 2.05) is 0 Å². The van der Waals surface area contributed by atoms with Crippen molar-refractivity contribution in [2.45, 2.75) is 13.3 Å². The monoisotopic (exact) mass is 279 g/mol. The summed E-state index contributed by atoms with van der Waals surface area (Å²) in [7, 11) is 0. The second-order valence-electron chi connectivity index (χ2n) is 4.74. The zero-order chi connectivity index (χ0) is 14.5. The van der Waals surface area contributed by atoms with Gasteiger partial charge in [0, 0.05) is 13.0 Å². The summed E-state index contributed by atoms with van der Waals surface area (Å²) >= 11 is 0. The zero-order valence-electron chi connectivity index (χ0n) is 11.2. The lowest BCUT2D eigenvalue weighted by Crippen LogP contribution is -2.30. The number of ether oxygens (including phenoxy) is 2. The van der Waals surface area contributed by atoms with E-state index in [4.69, 9.17) is 14.6 Å². The molecule has 1 amide bonds. The molecule has 0 spiro atoms. The fourth-order valence-electron chi connectivity index (χ4n) is 1.98. The molecule has 0 aliphatic carbocycles. The van der Waals surface area contributed by atoms with Crippen molar-refractivity contribution < 1.29 is 24.2 Å². The highest BCUT2D eigenvalue weighted by Crippen LogP contribution is 2.33. The van der Waals surface area contributed by atoms with Crippen molar-refractivity contribution in [1.82, 2.24) is 5.32 Å². The molecule has 2 rings (SSSR count). The minimum Gasteiger partial charge on any atom is -0.486 e. The van der Waals surface area contributed by atoms with Crippen LogP contribution in [0.1, 0.15) is 23.7 Å². The lowest BCUT2D eigenvalue weighted by molar-refractivity contribution is -0.137. The summed E-state index contributed by atoms with van der Waals surface area (Å²) in [6, 6.07) is 5.13. The van der Waals surface area contributed by atoms with Crippen LogP contribution in [0.25, 0.3) is 0 Å². The highest BCUT2D eigenvalue weighted by Gasteiger charge is 2.20. The second-order valence-corrected chi connectivity index (χ2v) is 4.74. The van der Waals surface area contributed by atoms with Crippen LogP contribution in [0.5, 0.6) is 11.5 Å². The van der Waals surface area contributed by atoms with Gasteiger partial charge in [-0.1, -0.05) is 13.0 Å². The van der Waals surface area contributed by atoms with Gasteiger partial charge in [-0.15, -0.1) is 0 Å². The topological polar surface area (TPSA) is 84.9 Å². The quantitative estimate of drug-likeness (QED) is 0.848. The van der Waals surface area contributed by atoms with E-state index in [9.17, 15) is 9.59 Å². The number of amides is 1. The number of hydrogen-bond acceptors (Lipinski definition) is 4. The number of para-hydroxylation sites is 1. The van der Waals surface area contributed by atoms with E-state index in [-0.39, 0.29) is 18.2 Å². The molecule has 0 unspecified atom stereocenters. The summed E-state index contributed by atoms with van der Waals surface area (Å²) < 4.78 is 10.9. The fraction of sp³-hybridized carbons (Fsp3) is 0.429. The summed E-state index contributed by atoms with van der Waals surface area (Å²) in [6.07, 6.45) is 0.0206. The van der Waals surface area contributed by atoms with E-state index in [1.54, 1.807) is 25.1 Å². The molecule has 108 valence electrons. The minimum atomic E-state index is -0.874. The Bertz CT molecular complexity index is 514. The first kappa shape index (κ1) is 14.2. The number of aliphatic carboxylic acids is 1. The number of carboxylic acid groups (broad SMARTS) is 1. The highest BCUT2D eigenvalue weighted by molar-refractivity contribution is 5.97. The average molecular weight is 279 g/mol. The molecule has 1 aromatic rings. The van der Waals surface area contributed by atoms with Gasteiger partial charge in [-0.25, -0.2) is 0 Å². The largest absolute Gasteiger partial charge is 0.486 e. The van der Waals surface area contributed by atoms with Crippen molar-refractivity contribution in [3.63, 3.8) is 0 Å². The maximum atomic E-state index is 12.1. The Hall–Kier alpha value is -2.24. The first-order valence-electron chi connectivity index (χ1n) is 6.46. The minimum absolute atomic E-state index is 0.0206. The third kappa shape index (κ3) is 3.40. The van der Waals surface area contributed by atoms with Crippen LogP contribution in [0.4, 0.5) is 0 Å². The molecular weight excluding hydrogens is 262 g/mol. The fourth-order valence-corrected chi connectivity index (χ4v) is 1.98. The molecule has 6 heteroatoms. The Morgan fingerprint density at radius 1 is 1.35 bits per heavy atom. The van der Waals surface area contributed by atoms with Crippen LogP contribution in [-0.4, -0.2) is 36.7 Å². The molecule has 2 N–H and O–H groups in total. The van der Waals surface area contributed by atoms with Gasteiger partial charge in [0.2, 0.25) is 0 Å². The molecule has 1 aromatic carbocycles. The Morgan fingerprint density at radius 2 is 2.10 bits per heavy atom. The van der Waals surface area contributed by atoms with E-state index in [0.717, 1.165) is 0 Å². The molecule has 1 aliphatic rings. The van der Waals surface area contributed by atoms with Gasteiger partial charge in [-0.05, 0) is 18.1 Å². The standard InChI is InChI=1S/C14H17NO5/c1-9(7-12(16)17)8-15-14(18)10-3-2-4-11-13(10)20-6-5-19-11/h2-4,9H,5-8H2,1H3,(H,15,18)(H,16,17)/t9-/m1/s1. The van der Waals surface area contributed by atoms with Crippen molar-refractivity contribution in [3.05, 3.63) is 23.8 Å². The lowest BCUT2D eigenvalue weighted by atomic mass is 10.1. The number of carbonyl (C=O) groups excluding carboxylic acids is 1.